The number of nitrogens with one attached hydrogen (secondary N) is 1. The molecule has 0 heterocycles. The van der Waals surface area contributed by atoms with Crippen molar-refractivity contribution in [3.63, 3.8) is 0 Å². The van der Waals surface area contributed by atoms with E-state index in [4.69, 9.17) is 14.2 Å². The minimum absolute atomic E-state index is 0.0393. The SMILES string of the molecule is COC(=O)c1ccc(C(=O)OC)c(N=NC(C(=O)Nc2ccc(CC(O)=C(N=Nc3cc(C(=O)OC)ccc3C(=O)OC)C(C)=O)cc2)=C(C)O)c1. The number of azo groups is 2. The predicted molar refractivity (Wildman–Crippen MR) is 182 cm³/mol. The number of methoxy groups -OCH3 is 4. The standard InChI is InChI=1S/C35H33N5O12/c1-18(41)29(39-37-26-16-21(32(45)49-3)9-13-24(26)34(47)51-5)28(43)15-20-7-11-23(12-8-20)36-31(44)30(19(2)42)40-38-27-17-22(33(46)50-4)10-14-25(27)35(48)52-6/h7-14,16-17,42-43H,15H2,1-6H3,(H,36,44). The number of amides is 1. The van der Waals surface area contributed by atoms with Crippen molar-refractivity contribution in [2.75, 3.05) is 33.8 Å². The molecule has 270 valence electrons. The van der Waals surface area contributed by atoms with Gasteiger partial charge in [0.2, 0.25) is 0 Å². The molecule has 0 fully saturated rings. The Bertz CT molecular complexity index is 2030. The van der Waals surface area contributed by atoms with Crippen LogP contribution < -0.4 is 5.32 Å². The van der Waals surface area contributed by atoms with E-state index < -0.39 is 58.5 Å². The van der Waals surface area contributed by atoms with Gasteiger partial charge in [0.25, 0.3) is 5.91 Å². The number of ketones is 1. The zero-order valence-electron chi connectivity index (χ0n) is 28.7. The molecule has 3 aromatic rings. The van der Waals surface area contributed by atoms with E-state index in [0.717, 1.165) is 21.1 Å². The third kappa shape index (κ3) is 10.0. The van der Waals surface area contributed by atoms with Crippen molar-refractivity contribution in [2.24, 2.45) is 20.5 Å². The molecule has 0 aliphatic heterocycles. The molecule has 0 atom stereocenters. The van der Waals surface area contributed by atoms with Gasteiger partial charge in [0.05, 0.1) is 50.7 Å². The van der Waals surface area contributed by atoms with Crippen LogP contribution in [0.25, 0.3) is 0 Å². The van der Waals surface area contributed by atoms with Crippen molar-refractivity contribution >= 4 is 52.6 Å². The summed E-state index contributed by atoms with van der Waals surface area (Å²) in [4.78, 5) is 73.9. The first kappa shape index (κ1) is 39.4. The molecule has 0 unspecified atom stereocenters. The summed E-state index contributed by atoms with van der Waals surface area (Å²) >= 11 is 0. The van der Waals surface area contributed by atoms with Gasteiger partial charge >= 0.3 is 23.9 Å². The molecule has 52 heavy (non-hydrogen) atoms. The van der Waals surface area contributed by atoms with Crippen molar-refractivity contribution in [3.8, 4) is 0 Å². The Kier molecular flexibility index (Phi) is 13.7. The van der Waals surface area contributed by atoms with E-state index in [1.165, 1.54) is 81.8 Å². The summed E-state index contributed by atoms with van der Waals surface area (Å²) in [6.45, 7) is 2.33. The van der Waals surface area contributed by atoms with Gasteiger partial charge in [0, 0.05) is 19.0 Å². The van der Waals surface area contributed by atoms with Crippen molar-refractivity contribution in [2.45, 2.75) is 20.3 Å². The number of ether oxygens (including phenoxy) is 4. The number of nitrogens with zero attached hydrogens (tertiary/aromatic N) is 4. The number of esters is 4. The molecule has 0 aliphatic rings. The minimum Gasteiger partial charge on any atom is -0.510 e. The lowest BCUT2D eigenvalue weighted by atomic mass is 10.1. The number of anilines is 1. The van der Waals surface area contributed by atoms with E-state index >= 15 is 0 Å². The maximum atomic E-state index is 13.0. The van der Waals surface area contributed by atoms with Crippen molar-refractivity contribution in [1.29, 1.82) is 0 Å². The first-order valence-electron chi connectivity index (χ1n) is 14.9. The Morgan fingerprint density at radius 3 is 1.46 bits per heavy atom. The molecule has 17 heteroatoms. The van der Waals surface area contributed by atoms with Gasteiger partial charge < -0.3 is 34.5 Å². The van der Waals surface area contributed by atoms with E-state index in [-0.39, 0.29) is 45.7 Å². The van der Waals surface area contributed by atoms with Crippen LogP contribution in [-0.2, 0) is 35.0 Å². The largest absolute Gasteiger partial charge is 0.510 e. The van der Waals surface area contributed by atoms with Crippen LogP contribution in [-0.4, -0.2) is 74.2 Å². The Morgan fingerprint density at radius 2 is 1.06 bits per heavy atom. The van der Waals surface area contributed by atoms with Gasteiger partial charge in [0.1, 0.15) is 22.9 Å². The lowest BCUT2D eigenvalue weighted by molar-refractivity contribution is -0.114. The number of hydrogen-bond donors (Lipinski definition) is 3. The molecule has 0 spiro atoms. The molecule has 1 amide bonds. The Morgan fingerprint density at radius 1 is 0.615 bits per heavy atom. The quantitative estimate of drug-likeness (QED) is 0.0604. The third-order valence-corrected chi connectivity index (χ3v) is 6.91. The number of carbonyl (C=O) groups excluding carboxylic acids is 6. The number of Topliss-reactive ketones (excluding diaryl/α,β-unsaturated/α-hetero) is 1. The normalized spacial score (nSPS) is 12.0. The Labute approximate surface area is 296 Å². The summed E-state index contributed by atoms with van der Waals surface area (Å²) in [5.74, 6) is -5.53. The van der Waals surface area contributed by atoms with Gasteiger partial charge in [0.15, 0.2) is 17.2 Å². The fourth-order valence-electron chi connectivity index (χ4n) is 4.28. The summed E-state index contributed by atoms with van der Waals surface area (Å²) in [7, 11) is 4.63. The van der Waals surface area contributed by atoms with Crippen LogP contribution in [0.4, 0.5) is 17.1 Å². The number of hydrogen-bond acceptors (Lipinski definition) is 16. The molecule has 3 rings (SSSR count). The van der Waals surface area contributed by atoms with Gasteiger partial charge in [-0.05, 0) is 61.0 Å². The van der Waals surface area contributed by atoms with Crippen molar-refractivity contribution in [3.05, 3.63) is 111 Å². The lowest BCUT2D eigenvalue weighted by Gasteiger charge is -2.09. The van der Waals surface area contributed by atoms with Gasteiger partial charge in [-0.3, -0.25) is 9.59 Å². The molecule has 0 bridgehead atoms. The lowest BCUT2D eigenvalue weighted by Crippen LogP contribution is -2.14. The highest BCUT2D eigenvalue weighted by molar-refractivity contribution is 6.04. The van der Waals surface area contributed by atoms with Crippen LogP contribution in [0.2, 0.25) is 0 Å². The van der Waals surface area contributed by atoms with Crippen LogP contribution in [0.5, 0.6) is 0 Å². The summed E-state index contributed by atoms with van der Waals surface area (Å²) < 4.78 is 18.8. The van der Waals surface area contributed by atoms with E-state index in [9.17, 15) is 39.0 Å². The molecule has 0 saturated heterocycles. The van der Waals surface area contributed by atoms with E-state index in [1.54, 1.807) is 0 Å². The zero-order valence-corrected chi connectivity index (χ0v) is 28.7. The number of benzene rings is 3. The average Bonchev–Trinajstić information content (AvgIpc) is 3.13. The zero-order chi connectivity index (χ0) is 38.5. The van der Waals surface area contributed by atoms with Gasteiger partial charge in [-0.15, -0.1) is 20.5 Å². The minimum atomic E-state index is -0.884. The fourth-order valence-corrected chi connectivity index (χ4v) is 4.28. The molecule has 3 N–H and O–H groups in total. The average molecular weight is 716 g/mol. The number of carbonyl (C=O) groups is 6. The number of allylic oxidation sites excluding steroid dienone is 3. The van der Waals surface area contributed by atoms with Crippen LogP contribution in [0.15, 0.2) is 104 Å². The van der Waals surface area contributed by atoms with Crippen molar-refractivity contribution < 1.29 is 57.9 Å². The fraction of sp³-hybridized carbons (Fsp3) is 0.200. The summed E-state index contributed by atoms with van der Waals surface area (Å²) in [5, 5.41) is 39.0. The maximum Gasteiger partial charge on any atom is 0.340 e. The van der Waals surface area contributed by atoms with Crippen LogP contribution in [0, 0.1) is 0 Å². The Balaban J connectivity index is 1.84. The highest BCUT2D eigenvalue weighted by Crippen LogP contribution is 2.26. The monoisotopic (exact) mass is 715 g/mol. The second-order valence-corrected chi connectivity index (χ2v) is 10.4. The first-order chi connectivity index (χ1) is 24.7. The summed E-state index contributed by atoms with van der Waals surface area (Å²) in [5.41, 5.74) is -0.542. The molecule has 0 aromatic heterocycles. The third-order valence-electron chi connectivity index (χ3n) is 6.91. The molecule has 3 aromatic carbocycles. The topological polar surface area (TPSA) is 241 Å². The Hall–Kier alpha value is -7.04. The summed E-state index contributed by atoms with van der Waals surface area (Å²) in [6, 6.07) is 13.6. The molecule has 0 aliphatic carbocycles. The maximum absolute atomic E-state index is 13.0. The highest BCUT2D eigenvalue weighted by Gasteiger charge is 2.20. The van der Waals surface area contributed by atoms with Gasteiger partial charge in [-0.25, -0.2) is 19.2 Å². The predicted octanol–water partition coefficient (Wildman–Crippen LogP) is 6.03. The van der Waals surface area contributed by atoms with E-state index in [1.807, 2.05) is 0 Å². The molecule has 0 radical (unpaired) electrons. The van der Waals surface area contributed by atoms with Crippen molar-refractivity contribution in [1.82, 2.24) is 0 Å². The number of rotatable bonds is 13. The van der Waals surface area contributed by atoms with Crippen LogP contribution >= 0.6 is 0 Å². The molecular formula is C35H33N5O12. The van der Waals surface area contributed by atoms with E-state index in [2.05, 4.69) is 30.5 Å². The van der Waals surface area contributed by atoms with Gasteiger partial charge in [-0.1, -0.05) is 12.1 Å². The smallest absolute Gasteiger partial charge is 0.340 e. The van der Waals surface area contributed by atoms with Crippen LogP contribution in [0.3, 0.4) is 0 Å². The second kappa shape index (κ2) is 18.1. The number of aliphatic hydroxyl groups is 2. The van der Waals surface area contributed by atoms with E-state index in [0.29, 0.717) is 5.56 Å². The number of aliphatic hydroxyl groups excluding tert-OH is 2. The molecular weight excluding hydrogens is 682 g/mol. The first-order valence-corrected chi connectivity index (χ1v) is 14.9. The highest BCUT2D eigenvalue weighted by atomic mass is 16.5. The molecule has 17 nitrogen and oxygen atoms in total. The van der Waals surface area contributed by atoms with Gasteiger partial charge in [-0.2, -0.15) is 0 Å². The van der Waals surface area contributed by atoms with Crippen LogP contribution in [0.1, 0.15) is 60.8 Å². The second-order valence-electron chi connectivity index (χ2n) is 10.4. The molecule has 0 saturated carbocycles. The summed E-state index contributed by atoms with van der Waals surface area (Å²) in [6.07, 6.45) is -0.198.